The Labute approximate surface area is 113 Å². The predicted octanol–water partition coefficient (Wildman–Crippen LogP) is 3.02. The summed E-state index contributed by atoms with van der Waals surface area (Å²) in [5.41, 5.74) is 6.72. The Morgan fingerprint density at radius 2 is 2.11 bits per heavy atom. The number of pyridine rings is 1. The van der Waals surface area contributed by atoms with Gasteiger partial charge >= 0.3 is 0 Å². The minimum Gasteiger partial charge on any atom is -0.487 e. The summed E-state index contributed by atoms with van der Waals surface area (Å²) < 4.78 is 19.7. The molecule has 1 aromatic heterocycles. The van der Waals surface area contributed by atoms with Gasteiger partial charge in [-0.2, -0.15) is 0 Å². The van der Waals surface area contributed by atoms with Gasteiger partial charge in [0.1, 0.15) is 18.2 Å². The van der Waals surface area contributed by atoms with E-state index >= 15 is 0 Å². The number of nitrogens with zero attached hydrogens (tertiary/aromatic N) is 1. The van der Waals surface area contributed by atoms with Gasteiger partial charge in [0.15, 0.2) is 0 Å². The Hall–Kier alpha value is -1.46. The number of halogens is 2. The van der Waals surface area contributed by atoms with E-state index in [9.17, 15) is 4.39 Å². The van der Waals surface area contributed by atoms with Crippen LogP contribution >= 0.6 is 15.9 Å². The van der Waals surface area contributed by atoms with Crippen molar-refractivity contribution in [2.75, 3.05) is 0 Å². The number of aromatic nitrogens is 1. The number of rotatable bonds is 4. The van der Waals surface area contributed by atoms with Crippen molar-refractivity contribution < 1.29 is 9.13 Å². The number of hydrogen-bond acceptors (Lipinski definition) is 3. The minimum absolute atomic E-state index is 0.162. The maximum absolute atomic E-state index is 13.5. The van der Waals surface area contributed by atoms with Crippen LogP contribution in [0.3, 0.4) is 0 Å². The largest absolute Gasteiger partial charge is 0.487 e. The first-order chi connectivity index (χ1) is 8.69. The molecular formula is C13H12BrFN2O. The van der Waals surface area contributed by atoms with Crippen LogP contribution in [0.4, 0.5) is 4.39 Å². The summed E-state index contributed by atoms with van der Waals surface area (Å²) in [7, 11) is 0. The number of hydrogen-bond donors (Lipinski definition) is 1. The average Bonchev–Trinajstić information content (AvgIpc) is 2.40. The van der Waals surface area contributed by atoms with E-state index in [4.69, 9.17) is 10.5 Å². The normalized spacial score (nSPS) is 10.4. The van der Waals surface area contributed by atoms with E-state index in [-0.39, 0.29) is 12.4 Å². The zero-order chi connectivity index (χ0) is 13.0. The molecule has 0 bridgehead atoms. The molecule has 0 radical (unpaired) electrons. The van der Waals surface area contributed by atoms with Crippen molar-refractivity contribution >= 4 is 15.9 Å². The van der Waals surface area contributed by atoms with Gasteiger partial charge < -0.3 is 10.5 Å². The van der Waals surface area contributed by atoms with Crippen LogP contribution in [-0.2, 0) is 13.2 Å². The van der Waals surface area contributed by atoms with Gasteiger partial charge in [-0.25, -0.2) is 4.39 Å². The van der Waals surface area contributed by atoms with Gasteiger partial charge in [0, 0.05) is 16.6 Å². The van der Waals surface area contributed by atoms with Gasteiger partial charge in [-0.05, 0) is 30.3 Å². The second-order valence-electron chi connectivity index (χ2n) is 3.71. The number of benzene rings is 1. The molecule has 0 unspecified atom stereocenters. The van der Waals surface area contributed by atoms with E-state index in [2.05, 4.69) is 20.9 Å². The van der Waals surface area contributed by atoms with E-state index in [1.807, 2.05) is 0 Å². The third-order valence-corrected chi connectivity index (χ3v) is 2.90. The van der Waals surface area contributed by atoms with Crippen molar-refractivity contribution in [3.05, 3.63) is 58.1 Å². The van der Waals surface area contributed by atoms with Gasteiger partial charge in [0.2, 0.25) is 0 Å². The molecule has 2 N–H and O–H groups in total. The maximum atomic E-state index is 13.5. The molecule has 2 aromatic rings. The SMILES string of the molecule is NCc1ccc(OCc2cc(Br)ccc2F)cn1. The van der Waals surface area contributed by atoms with Gasteiger partial charge in [-0.15, -0.1) is 0 Å². The summed E-state index contributed by atoms with van der Waals surface area (Å²) in [6.45, 7) is 0.551. The molecular weight excluding hydrogens is 299 g/mol. The lowest BCUT2D eigenvalue weighted by atomic mass is 10.2. The van der Waals surface area contributed by atoms with Crippen molar-refractivity contribution in [2.45, 2.75) is 13.2 Å². The summed E-state index contributed by atoms with van der Waals surface area (Å²) in [6, 6.07) is 8.30. The topological polar surface area (TPSA) is 48.1 Å². The Morgan fingerprint density at radius 3 is 2.78 bits per heavy atom. The Kier molecular flexibility index (Phi) is 4.28. The fraction of sp³-hybridized carbons (Fsp3) is 0.154. The molecule has 0 spiro atoms. The van der Waals surface area contributed by atoms with E-state index in [1.54, 1.807) is 30.5 Å². The Balaban J connectivity index is 2.04. The Bertz CT molecular complexity index is 531. The monoisotopic (exact) mass is 310 g/mol. The first-order valence-electron chi connectivity index (χ1n) is 5.41. The lowest BCUT2D eigenvalue weighted by Gasteiger charge is -2.07. The van der Waals surface area contributed by atoms with Crippen LogP contribution < -0.4 is 10.5 Å². The summed E-state index contributed by atoms with van der Waals surface area (Å²) in [4.78, 5) is 4.10. The molecule has 94 valence electrons. The van der Waals surface area contributed by atoms with Crippen LogP contribution in [0.25, 0.3) is 0 Å². The van der Waals surface area contributed by atoms with Crippen LogP contribution in [0, 0.1) is 5.82 Å². The summed E-state index contributed by atoms with van der Waals surface area (Å²) in [5.74, 6) is 0.302. The van der Waals surface area contributed by atoms with Crippen molar-refractivity contribution in [3.63, 3.8) is 0 Å². The van der Waals surface area contributed by atoms with E-state index < -0.39 is 0 Å². The van der Waals surface area contributed by atoms with Crippen molar-refractivity contribution in [1.82, 2.24) is 4.98 Å². The third kappa shape index (κ3) is 3.27. The van der Waals surface area contributed by atoms with Crippen LogP contribution in [-0.4, -0.2) is 4.98 Å². The highest BCUT2D eigenvalue weighted by atomic mass is 79.9. The second kappa shape index (κ2) is 5.93. The average molecular weight is 311 g/mol. The highest BCUT2D eigenvalue weighted by Crippen LogP contribution is 2.18. The standard InChI is InChI=1S/C13H12BrFN2O/c14-10-1-4-13(15)9(5-10)8-18-12-3-2-11(6-16)17-7-12/h1-5,7H,6,8,16H2. The molecule has 2 rings (SSSR count). The van der Waals surface area contributed by atoms with Gasteiger partial charge in [0.25, 0.3) is 0 Å². The van der Waals surface area contributed by atoms with Crippen molar-refractivity contribution in [1.29, 1.82) is 0 Å². The van der Waals surface area contributed by atoms with Crippen molar-refractivity contribution in [3.8, 4) is 5.75 Å². The molecule has 0 saturated heterocycles. The van der Waals surface area contributed by atoms with Crippen LogP contribution in [0.1, 0.15) is 11.3 Å². The molecule has 5 heteroatoms. The van der Waals surface area contributed by atoms with E-state index in [1.165, 1.54) is 6.07 Å². The fourth-order valence-corrected chi connectivity index (χ4v) is 1.84. The maximum Gasteiger partial charge on any atom is 0.138 e. The fourth-order valence-electron chi connectivity index (χ4n) is 1.43. The van der Waals surface area contributed by atoms with Gasteiger partial charge in [-0.1, -0.05) is 15.9 Å². The molecule has 18 heavy (non-hydrogen) atoms. The van der Waals surface area contributed by atoms with E-state index in [0.29, 0.717) is 17.9 Å². The number of nitrogens with two attached hydrogens (primary N) is 1. The molecule has 0 aliphatic rings. The second-order valence-corrected chi connectivity index (χ2v) is 4.63. The highest BCUT2D eigenvalue weighted by molar-refractivity contribution is 9.10. The molecule has 1 aromatic carbocycles. The molecule has 0 aliphatic carbocycles. The lowest BCUT2D eigenvalue weighted by molar-refractivity contribution is 0.298. The molecule has 0 aliphatic heterocycles. The van der Waals surface area contributed by atoms with Gasteiger partial charge in [0.05, 0.1) is 11.9 Å². The third-order valence-electron chi connectivity index (χ3n) is 2.41. The first kappa shape index (κ1) is 13.0. The predicted molar refractivity (Wildman–Crippen MR) is 70.6 cm³/mol. The molecule has 3 nitrogen and oxygen atoms in total. The molecule has 0 saturated carbocycles. The lowest BCUT2D eigenvalue weighted by Crippen LogP contribution is -2.01. The summed E-state index contributed by atoms with van der Waals surface area (Å²) in [5, 5.41) is 0. The minimum atomic E-state index is -0.287. The summed E-state index contributed by atoms with van der Waals surface area (Å²) in [6.07, 6.45) is 1.58. The van der Waals surface area contributed by atoms with Gasteiger partial charge in [-0.3, -0.25) is 4.98 Å². The zero-order valence-electron chi connectivity index (χ0n) is 9.57. The number of ether oxygens (including phenoxy) is 1. The van der Waals surface area contributed by atoms with Crippen LogP contribution in [0.15, 0.2) is 41.0 Å². The van der Waals surface area contributed by atoms with Crippen LogP contribution in [0.5, 0.6) is 5.75 Å². The van der Waals surface area contributed by atoms with Crippen LogP contribution in [0.2, 0.25) is 0 Å². The van der Waals surface area contributed by atoms with Crippen molar-refractivity contribution in [2.24, 2.45) is 5.73 Å². The van der Waals surface area contributed by atoms with E-state index in [0.717, 1.165) is 10.2 Å². The molecule has 0 amide bonds. The molecule has 0 atom stereocenters. The molecule has 1 heterocycles. The summed E-state index contributed by atoms with van der Waals surface area (Å²) >= 11 is 3.29. The zero-order valence-corrected chi connectivity index (χ0v) is 11.2. The molecule has 0 fully saturated rings. The first-order valence-corrected chi connectivity index (χ1v) is 6.20. The Morgan fingerprint density at radius 1 is 1.28 bits per heavy atom. The smallest absolute Gasteiger partial charge is 0.138 e. The highest BCUT2D eigenvalue weighted by Gasteiger charge is 2.04. The quantitative estimate of drug-likeness (QED) is 0.944.